The molecule has 17 heavy (non-hydrogen) atoms. The summed E-state index contributed by atoms with van der Waals surface area (Å²) in [5, 5.41) is 9.07. The highest BCUT2D eigenvalue weighted by Gasteiger charge is 2.31. The van der Waals surface area contributed by atoms with Gasteiger partial charge in [-0.2, -0.15) is 0 Å². The topological polar surface area (TPSA) is 29.5 Å². The van der Waals surface area contributed by atoms with Crippen molar-refractivity contribution in [1.82, 2.24) is 0 Å². The number of alkyl halides is 3. The van der Waals surface area contributed by atoms with Crippen LogP contribution in [0.4, 0.5) is 13.2 Å². The summed E-state index contributed by atoms with van der Waals surface area (Å²) >= 11 is 0. The van der Waals surface area contributed by atoms with Crippen molar-refractivity contribution in [3.8, 4) is 5.75 Å². The lowest BCUT2D eigenvalue weighted by Crippen LogP contribution is -2.17. The Morgan fingerprint density at radius 2 is 2.00 bits per heavy atom. The minimum absolute atomic E-state index is 0.109. The van der Waals surface area contributed by atoms with Crippen molar-refractivity contribution in [1.29, 1.82) is 0 Å². The summed E-state index contributed by atoms with van der Waals surface area (Å²) in [7, 11) is 0. The van der Waals surface area contributed by atoms with Crippen LogP contribution in [0.25, 0.3) is 0 Å². The highest BCUT2D eigenvalue weighted by Crippen LogP contribution is 2.28. The van der Waals surface area contributed by atoms with E-state index < -0.39 is 6.36 Å². The Morgan fingerprint density at radius 3 is 2.47 bits per heavy atom. The van der Waals surface area contributed by atoms with E-state index in [-0.39, 0.29) is 18.3 Å². The Bertz CT molecular complexity index is 375. The van der Waals surface area contributed by atoms with E-state index in [4.69, 9.17) is 5.11 Å². The molecule has 0 radical (unpaired) electrons. The molecule has 0 saturated heterocycles. The molecule has 1 atom stereocenters. The maximum Gasteiger partial charge on any atom is 0.573 e. The van der Waals surface area contributed by atoms with Gasteiger partial charge in [0.1, 0.15) is 5.75 Å². The van der Waals surface area contributed by atoms with Crippen LogP contribution < -0.4 is 4.74 Å². The highest BCUT2D eigenvalue weighted by molar-refractivity contribution is 5.38. The second kappa shape index (κ2) is 5.40. The first-order valence-electron chi connectivity index (χ1n) is 5.36. The minimum atomic E-state index is -4.69. The third kappa shape index (κ3) is 3.93. The molecule has 0 heterocycles. The molecule has 0 aliphatic carbocycles. The molecule has 1 unspecified atom stereocenters. The summed E-state index contributed by atoms with van der Waals surface area (Å²) in [6.07, 6.45) is -3.99. The average molecular weight is 248 g/mol. The predicted octanol–water partition coefficient (Wildman–Crippen LogP) is 3.24. The van der Waals surface area contributed by atoms with E-state index in [0.717, 1.165) is 5.56 Å². The van der Waals surface area contributed by atoms with Gasteiger partial charge >= 0.3 is 6.36 Å². The lowest BCUT2D eigenvalue weighted by molar-refractivity contribution is -0.274. The number of hydrogen-bond acceptors (Lipinski definition) is 2. The molecule has 0 aliphatic heterocycles. The molecule has 1 rings (SSSR count). The van der Waals surface area contributed by atoms with Crippen LogP contribution in [0.1, 0.15) is 30.9 Å². The molecular weight excluding hydrogens is 233 g/mol. The molecule has 0 aromatic heterocycles. The molecule has 0 saturated carbocycles. The van der Waals surface area contributed by atoms with E-state index in [2.05, 4.69) is 4.74 Å². The molecule has 1 N–H and O–H groups in total. The first-order chi connectivity index (χ1) is 7.87. The fourth-order valence-electron chi connectivity index (χ4n) is 1.65. The van der Waals surface area contributed by atoms with Gasteiger partial charge in [-0.1, -0.05) is 19.9 Å². The third-order valence-electron chi connectivity index (χ3n) is 2.54. The predicted molar refractivity (Wildman–Crippen MR) is 58.0 cm³/mol. The zero-order valence-corrected chi connectivity index (χ0v) is 9.71. The fraction of sp³-hybridized carbons (Fsp3) is 0.500. The van der Waals surface area contributed by atoms with Gasteiger partial charge in [0, 0.05) is 12.5 Å². The zero-order chi connectivity index (χ0) is 13.1. The van der Waals surface area contributed by atoms with Crippen LogP contribution in [0.2, 0.25) is 0 Å². The van der Waals surface area contributed by atoms with E-state index in [1.165, 1.54) is 12.1 Å². The van der Waals surface area contributed by atoms with Gasteiger partial charge < -0.3 is 9.84 Å². The van der Waals surface area contributed by atoms with Crippen LogP contribution in [0.15, 0.2) is 18.2 Å². The SMILES string of the molecule is CCc1ccc(OC(F)(F)F)cc1C(C)CO. The van der Waals surface area contributed by atoms with Gasteiger partial charge in [-0.25, -0.2) is 0 Å². The number of aryl methyl sites for hydroxylation is 1. The Balaban J connectivity index is 3.04. The van der Waals surface area contributed by atoms with Crippen molar-refractivity contribution in [2.75, 3.05) is 6.61 Å². The molecule has 0 aliphatic rings. The lowest BCUT2D eigenvalue weighted by Gasteiger charge is -2.16. The summed E-state index contributed by atoms with van der Waals surface area (Å²) in [5.41, 5.74) is 1.61. The number of benzene rings is 1. The molecule has 96 valence electrons. The van der Waals surface area contributed by atoms with Crippen LogP contribution in [0, 0.1) is 0 Å². The van der Waals surface area contributed by atoms with E-state index >= 15 is 0 Å². The van der Waals surface area contributed by atoms with Gasteiger partial charge in [-0.3, -0.25) is 0 Å². The van der Waals surface area contributed by atoms with Crippen molar-refractivity contribution in [3.63, 3.8) is 0 Å². The Morgan fingerprint density at radius 1 is 1.35 bits per heavy atom. The quantitative estimate of drug-likeness (QED) is 0.886. The minimum Gasteiger partial charge on any atom is -0.406 e. The molecular formula is C12H15F3O2. The van der Waals surface area contributed by atoms with Crippen LogP contribution in [0.5, 0.6) is 5.75 Å². The van der Waals surface area contributed by atoms with Crippen molar-refractivity contribution >= 4 is 0 Å². The first-order valence-corrected chi connectivity index (χ1v) is 5.36. The second-order valence-electron chi connectivity index (χ2n) is 3.85. The van der Waals surface area contributed by atoms with Crippen molar-refractivity contribution < 1.29 is 23.0 Å². The summed E-state index contributed by atoms with van der Waals surface area (Å²) in [6, 6.07) is 4.23. The number of aliphatic hydroxyl groups excluding tert-OH is 1. The summed E-state index contributed by atoms with van der Waals surface area (Å²) in [6.45, 7) is 3.56. The Labute approximate surface area is 98.0 Å². The van der Waals surface area contributed by atoms with Crippen LogP contribution in [-0.2, 0) is 6.42 Å². The van der Waals surface area contributed by atoms with E-state index in [0.29, 0.717) is 12.0 Å². The van der Waals surface area contributed by atoms with Gasteiger partial charge in [0.15, 0.2) is 0 Å². The molecule has 2 nitrogen and oxygen atoms in total. The first kappa shape index (κ1) is 13.8. The normalized spacial score (nSPS) is 13.5. The molecule has 5 heteroatoms. The van der Waals surface area contributed by atoms with Gasteiger partial charge in [0.25, 0.3) is 0 Å². The highest BCUT2D eigenvalue weighted by atomic mass is 19.4. The van der Waals surface area contributed by atoms with Crippen LogP contribution in [0.3, 0.4) is 0 Å². The zero-order valence-electron chi connectivity index (χ0n) is 9.71. The lowest BCUT2D eigenvalue weighted by atomic mass is 9.95. The van der Waals surface area contributed by atoms with Gasteiger partial charge in [-0.05, 0) is 29.7 Å². The molecule has 0 fully saturated rings. The molecule has 0 spiro atoms. The maximum atomic E-state index is 12.1. The summed E-state index contributed by atoms with van der Waals surface area (Å²) in [4.78, 5) is 0. The van der Waals surface area contributed by atoms with Gasteiger partial charge in [0.05, 0.1) is 0 Å². The monoisotopic (exact) mass is 248 g/mol. The van der Waals surface area contributed by atoms with E-state index in [1.54, 1.807) is 13.0 Å². The van der Waals surface area contributed by atoms with Crippen molar-refractivity contribution in [3.05, 3.63) is 29.3 Å². The number of halogens is 3. The fourth-order valence-corrected chi connectivity index (χ4v) is 1.65. The standard InChI is InChI=1S/C12H15F3O2/c1-3-9-4-5-10(17-12(13,14)15)6-11(9)8(2)7-16/h4-6,8,16H,3,7H2,1-2H3. The van der Waals surface area contributed by atoms with E-state index in [1.807, 2.05) is 6.92 Å². The van der Waals surface area contributed by atoms with Crippen LogP contribution >= 0.6 is 0 Å². The number of aliphatic hydroxyl groups is 1. The largest absolute Gasteiger partial charge is 0.573 e. The van der Waals surface area contributed by atoms with Gasteiger partial charge in [0.2, 0.25) is 0 Å². The molecule has 0 amide bonds. The molecule has 1 aromatic carbocycles. The average Bonchev–Trinajstić information content (AvgIpc) is 2.25. The summed E-state index contributed by atoms with van der Waals surface area (Å²) in [5.74, 6) is -0.452. The summed E-state index contributed by atoms with van der Waals surface area (Å²) < 4.78 is 40.1. The second-order valence-corrected chi connectivity index (χ2v) is 3.85. The number of ether oxygens (including phenoxy) is 1. The van der Waals surface area contributed by atoms with Crippen molar-refractivity contribution in [2.45, 2.75) is 32.5 Å². The number of rotatable bonds is 4. The Hall–Kier alpha value is -1.23. The third-order valence-corrected chi connectivity index (χ3v) is 2.54. The smallest absolute Gasteiger partial charge is 0.406 e. The van der Waals surface area contributed by atoms with E-state index in [9.17, 15) is 13.2 Å². The Kier molecular flexibility index (Phi) is 4.40. The molecule has 0 bridgehead atoms. The maximum absolute atomic E-state index is 12.1. The number of hydrogen-bond donors (Lipinski definition) is 1. The van der Waals surface area contributed by atoms with Crippen LogP contribution in [-0.4, -0.2) is 18.1 Å². The van der Waals surface area contributed by atoms with Crippen molar-refractivity contribution in [2.24, 2.45) is 0 Å². The van der Waals surface area contributed by atoms with Gasteiger partial charge in [-0.15, -0.1) is 13.2 Å². The molecule has 1 aromatic rings.